The number of hydrogen-bond acceptors (Lipinski definition) is 0. The van der Waals surface area contributed by atoms with Crippen molar-refractivity contribution in [2.24, 2.45) is 0 Å². The molecule has 0 aromatic rings. The first kappa shape index (κ1) is 25.3. The van der Waals surface area contributed by atoms with Gasteiger partial charge in [-0.05, 0) is 11.0 Å². The zero-order chi connectivity index (χ0) is 2.71. The fourth-order valence-electron chi connectivity index (χ4n) is 0. The van der Waals surface area contributed by atoms with Crippen molar-refractivity contribution in [3.8, 4) is 0 Å². The number of rotatable bonds is 0. The number of halogens is 2. The van der Waals surface area contributed by atoms with Crippen molar-refractivity contribution in [3.05, 3.63) is 0 Å². The first-order chi connectivity index (χ1) is 1.41. The third kappa shape index (κ3) is 44.4. The molecule has 0 nitrogen and oxygen atoms in total. The summed E-state index contributed by atoms with van der Waals surface area (Å²) < 4.78 is 4.64. The molecule has 0 radical (unpaired) electrons. The molecule has 0 atom stereocenters. The first-order valence-corrected chi connectivity index (χ1v) is 8.19. The van der Waals surface area contributed by atoms with Gasteiger partial charge in [0.1, 0.15) is 0 Å². The van der Waals surface area contributed by atoms with Crippen LogP contribution in [0, 0.1) is 0 Å². The normalized spacial score (nSPS) is 1.67. The molecule has 0 fully saturated rings. The molecular weight excluding hydrogens is 302 g/mol. The molecule has 0 aliphatic rings. The van der Waals surface area contributed by atoms with Crippen LogP contribution in [0.15, 0.2) is 0 Å². The van der Waals surface area contributed by atoms with Gasteiger partial charge < -0.3 is 24.8 Å². The molecule has 0 aromatic heterocycles. The van der Waals surface area contributed by atoms with Gasteiger partial charge in [0.15, 0.2) is 0 Å². The third-order valence-electron chi connectivity index (χ3n) is 0. The topological polar surface area (TPSA) is 0 Å². The fraction of sp³-hybridized carbons (Fsp3) is 1.00. The van der Waals surface area contributed by atoms with Crippen LogP contribution in [0.3, 0.4) is 0 Å². The number of hydrogen-bond donors (Lipinski definition) is 0. The predicted octanol–water partition coefficient (Wildman–Crippen LogP) is -6.28. The second-order valence-electron chi connectivity index (χ2n) is 0.500. The van der Waals surface area contributed by atoms with Crippen molar-refractivity contribution >= 4 is 11.0 Å². The van der Waals surface area contributed by atoms with Crippen LogP contribution in [0.1, 0.15) is 0 Å². The molecule has 0 N–H and O–H groups in total. The zero-order valence-electron chi connectivity index (χ0n) is 3.26. The van der Waals surface area contributed by atoms with Crippen LogP contribution in [0.4, 0.5) is 0 Å². The van der Waals surface area contributed by atoms with E-state index in [2.05, 4.69) is 9.36 Å². The molecule has 0 aliphatic heterocycles. The van der Waals surface area contributed by atoms with Crippen molar-refractivity contribution in [2.45, 2.75) is 9.36 Å². The third-order valence-corrected chi connectivity index (χ3v) is 0. The van der Waals surface area contributed by atoms with Crippen molar-refractivity contribution in [1.29, 1.82) is 0 Å². The van der Waals surface area contributed by atoms with Crippen LogP contribution >= 0.6 is 0 Å². The maximum Gasteiger partial charge on any atom is -0.0149 e. The molecule has 0 heterocycles. The summed E-state index contributed by atoms with van der Waals surface area (Å²) in [7, 11) is 0. The summed E-state index contributed by atoms with van der Waals surface area (Å²) in [6.07, 6.45) is 0. The van der Waals surface area contributed by atoms with E-state index in [1.54, 1.807) is 0 Å². The van der Waals surface area contributed by atoms with Crippen molar-refractivity contribution in [2.75, 3.05) is 0 Å². The van der Waals surface area contributed by atoms with Gasteiger partial charge in [0, 0.05) is 0 Å². The van der Waals surface area contributed by atoms with Gasteiger partial charge in [0.2, 0.25) is 0 Å². The Balaban J connectivity index is -0.00000000667. The van der Waals surface area contributed by atoms with E-state index in [4.69, 9.17) is 0 Å². The van der Waals surface area contributed by atoms with Gasteiger partial charge in [0.25, 0.3) is 0 Å². The average Bonchev–Trinajstić information content (AvgIpc) is 0.918. The molecule has 4 heteroatoms. The van der Waals surface area contributed by atoms with E-state index >= 15 is 0 Å². The van der Waals surface area contributed by atoms with Crippen LogP contribution in [0.5, 0.6) is 0 Å². The monoisotopic (exact) mass is 312 g/mol. The summed E-state index contributed by atoms with van der Waals surface area (Å²) in [5.74, 6) is 0. The summed E-state index contributed by atoms with van der Waals surface area (Å²) in [5.41, 5.74) is 0. The first-order valence-electron chi connectivity index (χ1n) is 1.00. The predicted molar refractivity (Wildman–Crippen MR) is 23.1 cm³/mol. The zero-order valence-corrected chi connectivity index (χ0v) is 8.36. The van der Waals surface area contributed by atoms with Gasteiger partial charge >= 0.3 is 32.3 Å². The molecule has 0 rings (SSSR count). The van der Waals surface area contributed by atoms with Gasteiger partial charge in [-0.15, -0.1) is 0 Å². The van der Waals surface area contributed by atoms with E-state index in [9.17, 15) is 0 Å². The van der Waals surface area contributed by atoms with Gasteiger partial charge in [-0.25, -0.2) is 0 Å². The van der Waals surface area contributed by atoms with Crippen LogP contribution in [0.2, 0.25) is 9.36 Å². The van der Waals surface area contributed by atoms with Crippen LogP contribution in [-0.2, 0) is 22.9 Å². The van der Waals surface area contributed by atoms with Crippen LogP contribution < -0.4 is 24.8 Å². The molecule has 0 amide bonds. The largest absolute Gasteiger partial charge is 1.00 e. The Kier molecular flexibility index (Phi) is 127. The summed E-state index contributed by atoms with van der Waals surface area (Å²) >= 11 is 0.0833. The molecule has 0 saturated carbocycles. The minimum absolute atomic E-state index is 0. The average molecular weight is 312 g/mol. The Morgan fingerprint density at radius 1 is 1.00 bits per heavy atom. The molecule has 0 bridgehead atoms. The molecule has 40 valence electrons. The Hall–Kier alpha value is 1.67. The molecular formula is C2H10Cl2HfSi. The molecule has 0 aromatic carbocycles. The van der Waals surface area contributed by atoms with Crippen LogP contribution in [0.25, 0.3) is 0 Å². The smallest absolute Gasteiger partial charge is 0.0149 e. The maximum atomic E-state index is 2.32. The van der Waals surface area contributed by atoms with Gasteiger partial charge in [-0.2, -0.15) is 0 Å². The summed E-state index contributed by atoms with van der Waals surface area (Å²) in [6, 6.07) is 0. The molecule has 0 saturated heterocycles. The minimum Gasteiger partial charge on any atom is -1.00 e. The quantitative estimate of drug-likeness (QED) is 0.391. The van der Waals surface area contributed by atoms with E-state index in [0.29, 0.717) is 0 Å². The van der Waals surface area contributed by atoms with Gasteiger partial charge in [0.05, 0.1) is 0 Å². The van der Waals surface area contributed by atoms with Crippen molar-refractivity contribution in [1.82, 2.24) is 0 Å². The second-order valence-corrected chi connectivity index (χ2v) is 4.09. The van der Waals surface area contributed by atoms with E-state index in [0.717, 1.165) is 0 Å². The van der Waals surface area contributed by atoms with Crippen LogP contribution in [-0.4, -0.2) is 11.0 Å². The molecule has 0 unspecified atom stereocenters. The molecule has 6 heavy (non-hydrogen) atoms. The summed E-state index contributed by atoms with van der Waals surface area (Å²) in [6.45, 7) is 0. The van der Waals surface area contributed by atoms with Gasteiger partial charge in [-0.1, -0.05) is 0 Å². The Morgan fingerprint density at radius 2 is 1.00 bits per heavy atom. The second kappa shape index (κ2) is 30.1. The van der Waals surface area contributed by atoms with Crippen molar-refractivity contribution < 1.29 is 47.7 Å². The Morgan fingerprint density at radius 3 is 1.00 bits per heavy atom. The molecule has 0 spiro atoms. The molecule has 0 aliphatic carbocycles. The summed E-state index contributed by atoms with van der Waals surface area (Å²) in [4.78, 5) is 0. The van der Waals surface area contributed by atoms with Gasteiger partial charge in [-0.3, -0.25) is 0 Å². The van der Waals surface area contributed by atoms with E-state index in [1.807, 2.05) is 0 Å². The Labute approximate surface area is 67.7 Å². The van der Waals surface area contributed by atoms with E-state index in [1.165, 1.54) is 0 Å². The van der Waals surface area contributed by atoms with E-state index in [-0.39, 0.29) is 58.7 Å². The fourth-order valence-corrected chi connectivity index (χ4v) is 0. The SMILES string of the molecule is [CH3][Hf+2][CH3].[Cl-].[Cl-].[SiH4]. The summed E-state index contributed by atoms with van der Waals surface area (Å²) in [5, 5.41) is 0. The van der Waals surface area contributed by atoms with E-state index < -0.39 is 0 Å². The maximum absolute atomic E-state index is 2.32. The minimum atomic E-state index is 0. The Bertz CT molecular complexity index is 11.5. The van der Waals surface area contributed by atoms with Crippen molar-refractivity contribution in [3.63, 3.8) is 0 Å². The standard InChI is InChI=1S/2CH3.2ClH.Hf.H4Si/h2*1H3;2*1H;;1H4/q;;;;+2;/p-2.